The normalized spacial score (nSPS) is 13.6. The first-order valence-electron chi connectivity index (χ1n) is 6.45. The summed E-state index contributed by atoms with van der Waals surface area (Å²) in [6, 6.07) is 4.94. The lowest BCUT2D eigenvalue weighted by molar-refractivity contribution is -0.120. The second-order valence-corrected chi connectivity index (χ2v) is 6.83. The van der Waals surface area contributed by atoms with Crippen molar-refractivity contribution in [2.24, 2.45) is 0 Å². The van der Waals surface area contributed by atoms with Gasteiger partial charge in [-0.25, -0.2) is 4.68 Å². The molecular weight excluding hydrogens is 345 g/mol. The third-order valence-corrected chi connectivity index (χ3v) is 4.61. The Bertz CT molecular complexity index is 678. The van der Waals surface area contributed by atoms with Crippen LogP contribution in [0.5, 0.6) is 0 Å². The van der Waals surface area contributed by atoms with Gasteiger partial charge in [-0.15, -0.1) is 10.2 Å². The summed E-state index contributed by atoms with van der Waals surface area (Å²) in [5.41, 5.74) is 0.804. The molecule has 1 amide bonds. The van der Waals surface area contributed by atoms with Crippen LogP contribution in [0.4, 0.5) is 0 Å². The molecule has 6 nitrogen and oxygen atoms in total. The van der Waals surface area contributed by atoms with E-state index < -0.39 is 0 Å². The number of hydrogen-bond acceptors (Lipinski definition) is 5. The Morgan fingerprint density at radius 3 is 2.73 bits per heavy atom. The Balaban J connectivity index is 2.00. The molecule has 2 aromatic rings. The SMILES string of the molecule is C[C@H](Sc1nncn1N)C(=O)N[C@@H](C)c1ccc(Cl)cc1Cl. The van der Waals surface area contributed by atoms with E-state index in [9.17, 15) is 4.79 Å². The fraction of sp³-hybridized carbons (Fsp3) is 0.308. The molecule has 0 saturated carbocycles. The molecule has 1 aromatic heterocycles. The zero-order valence-corrected chi connectivity index (χ0v) is 14.3. The molecule has 0 saturated heterocycles. The number of rotatable bonds is 5. The molecule has 0 spiro atoms. The number of carbonyl (C=O) groups is 1. The number of nitrogens with two attached hydrogens (primary N) is 1. The van der Waals surface area contributed by atoms with Crippen molar-refractivity contribution in [1.82, 2.24) is 20.2 Å². The summed E-state index contributed by atoms with van der Waals surface area (Å²) >= 11 is 13.2. The highest BCUT2D eigenvalue weighted by Crippen LogP contribution is 2.27. The predicted octanol–water partition coefficient (Wildman–Crippen LogP) is 2.66. The summed E-state index contributed by atoms with van der Waals surface area (Å²) in [4.78, 5) is 12.2. The van der Waals surface area contributed by atoms with Gasteiger partial charge >= 0.3 is 0 Å². The number of nitrogens with one attached hydrogen (secondary N) is 1. The fourth-order valence-corrected chi connectivity index (χ4v) is 3.12. The molecule has 0 radical (unpaired) electrons. The van der Waals surface area contributed by atoms with E-state index in [1.165, 1.54) is 22.8 Å². The zero-order valence-electron chi connectivity index (χ0n) is 12.0. The van der Waals surface area contributed by atoms with Crippen molar-refractivity contribution in [3.8, 4) is 0 Å². The molecular formula is C13H15Cl2N5OS. The van der Waals surface area contributed by atoms with Gasteiger partial charge in [-0.3, -0.25) is 4.79 Å². The van der Waals surface area contributed by atoms with Crippen LogP contribution in [0, 0.1) is 0 Å². The van der Waals surface area contributed by atoms with Crippen LogP contribution in [0.1, 0.15) is 25.5 Å². The highest BCUT2D eigenvalue weighted by molar-refractivity contribution is 8.00. The fourth-order valence-electron chi connectivity index (χ4n) is 1.79. The van der Waals surface area contributed by atoms with Gasteiger partial charge in [0.1, 0.15) is 6.33 Å². The number of nitrogens with zero attached hydrogens (tertiary/aromatic N) is 3. The molecule has 118 valence electrons. The Morgan fingerprint density at radius 2 is 2.14 bits per heavy atom. The van der Waals surface area contributed by atoms with Crippen molar-refractivity contribution in [2.75, 3.05) is 5.84 Å². The Morgan fingerprint density at radius 1 is 1.41 bits per heavy atom. The third-order valence-electron chi connectivity index (χ3n) is 2.98. The average molecular weight is 360 g/mol. The number of carbonyl (C=O) groups excluding carboxylic acids is 1. The topological polar surface area (TPSA) is 85.8 Å². The zero-order chi connectivity index (χ0) is 16.3. The van der Waals surface area contributed by atoms with Crippen LogP contribution in [-0.4, -0.2) is 26.0 Å². The largest absolute Gasteiger partial charge is 0.349 e. The highest BCUT2D eigenvalue weighted by atomic mass is 35.5. The molecule has 22 heavy (non-hydrogen) atoms. The third kappa shape index (κ3) is 4.06. The van der Waals surface area contributed by atoms with Gasteiger partial charge in [0, 0.05) is 10.0 Å². The van der Waals surface area contributed by atoms with E-state index in [1.54, 1.807) is 25.1 Å². The Kier molecular flexibility index (Phi) is 5.55. The van der Waals surface area contributed by atoms with Crippen LogP contribution in [0.15, 0.2) is 29.7 Å². The summed E-state index contributed by atoms with van der Waals surface area (Å²) in [6.45, 7) is 3.63. The molecule has 3 N–H and O–H groups in total. The molecule has 1 aromatic carbocycles. The summed E-state index contributed by atoms with van der Waals surface area (Å²) < 4.78 is 1.27. The van der Waals surface area contributed by atoms with Crippen LogP contribution in [0.3, 0.4) is 0 Å². The second kappa shape index (κ2) is 7.21. The minimum absolute atomic E-state index is 0.147. The number of halogens is 2. The van der Waals surface area contributed by atoms with E-state index in [0.29, 0.717) is 15.2 Å². The first kappa shape index (κ1) is 16.9. The first-order chi connectivity index (χ1) is 10.4. The van der Waals surface area contributed by atoms with E-state index >= 15 is 0 Å². The van der Waals surface area contributed by atoms with E-state index in [4.69, 9.17) is 29.0 Å². The van der Waals surface area contributed by atoms with Gasteiger partial charge in [-0.1, -0.05) is 41.0 Å². The molecule has 0 fully saturated rings. The molecule has 0 aliphatic carbocycles. The smallest absolute Gasteiger partial charge is 0.233 e. The quantitative estimate of drug-likeness (QED) is 0.632. The van der Waals surface area contributed by atoms with Crippen LogP contribution in [0.25, 0.3) is 0 Å². The van der Waals surface area contributed by atoms with Gasteiger partial charge in [0.05, 0.1) is 11.3 Å². The maximum Gasteiger partial charge on any atom is 0.233 e. The van der Waals surface area contributed by atoms with Gasteiger partial charge in [0.2, 0.25) is 11.1 Å². The lowest BCUT2D eigenvalue weighted by Crippen LogP contribution is -2.33. The molecule has 0 bridgehead atoms. The van der Waals surface area contributed by atoms with Crippen molar-refractivity contribution in [3.63, 3.8) is 0 Å². The van der Waals surface area contributed by atoms with Gasteiger partial charge in [0.25, 0.3) is 0 Å². The van der Waals surface area contributed by atoms with E-state index in [0.717, 1.165) is 5.56 Å². The van der Waals surface area contributed by atoms with E-state index in [-0.39, 0.29) is 17.2 Å². The molecule has 0 aliphatic rings. The minimum atomic E-state index is -0.375. The van der Waals surface area contributed by atoms with Crippen molar-refractivity contribution >= 4 is 40.9 Å². The number of aromatic nitrogens is 3. The van der Waals surface area contributed by atoms with Crippen molar-refractivity contribution in [3.05, 3.63) is 40.1 Å². The van der Waals surface area contributed by atoms with E-state index in [2.05, 4.69) is 15.5 Å². The predicted molar refractivity (Wildman–Crippen MR) is 88.5 cm³/mol. The van der Waals surface area contributed by atoms with Gasteiger partial charge in [-0.05, 0) is 31.5 Å². The number of nitrogen functional groups attached to an aromatic ring is 1. The molecule has 0 aliphatic heterocycles. The summed E-state index contributed by atoms with van der Waals surface area (Å²) in [5.74, 6) is 5.48. The van der Waals surface area contributed by atoms with Crippen molar-refractivity contribution < 1.29 is 4.79 Å². The lowest BCUT2D eigenvalue weighted by Gasteiger charge is -2.18. The maximum absolute atomic E-state index is 12.2. The van der Waals surface area contributed by atoms with Crippen LogP contribution < -0.4 is 11.2 Å². The van der Waals surface area contributed by atoms with Gasteiger partial charge in [0.15, 0.2) is 0 Å². The van der Waals surface area contributed by atoms with Crippen molar-refractivity contribution in [2.45, 2.75) is 30.3 Å². The van der Waals surface area contributed by atoms with Crippen molar-refractivity contribution in [1.29, 1.82) is 0 Å². The summed E-state index contributed by atoms with van der Waals surface area (Å²) in [5, 5.41) is 11.6. The Labute approximate surface area is 142 Å². The van der Waals surface area contributed by atoms with E-state index in [1.807, 2.05) is 6.92 Å². The standard InChI is InChI=1S/C13H15Cl2N5OS/c1-7(10-4-3-9(14)5-11(10)15)18-12(21)8(2)22-13-19-17-6-20(13)16/h3-8H,16H2,1-2H3,(H,18,21)/t7-,8-/m0/s1. The molecule has 1 heterocycles. The minimum Gasteiger partial charge on any atom is -0.349 e. The maximum atomic E-state index is 12.2. The molecule has 9 heteroatoms. The monoisotopic (exact) mass is 359 g/mol. The number of benzene rings is 1. The highest BCUT2D eigenvalue weighted by Gasteiger charge is 2.20. The van der Waals surface area contributed by atoms with Gasteiger partial charge in [-0.2, -0.15) is 0 Å². The molecule has 2 rings (SSSR count). The molecule has 2 atom stereocenters. The first-order valence-corrected chi connectivity index (χ1v) is 8.09. The lowest BCUT2D eigenvalue weighted by atomic mass is 10.1. The van der Waals surface area contributed by atoms with Crippen LogP contribution in [0.2, 0.25) is 10.0 Å². The summed E-state index contributed by atoms with van der Waals surface area (Å²) in [6.07, 6.45) is 1.38. The number of thioether (sulfide) groups is 1. The summed E-state index contributed by atoms with van der Waals surface area (Å²) in [7, 11) is 0. The number of amides is 1. The Hall–Kier alpha value is -1.44. The van der Waals surface area contributed by atoms with Crippen LogP contribution >= 0.6 is 35.0 Å². The second-order valence-electron chi connectivity index (χ2n) is 4.68. The number of hydrogen-bond donors (Lipinski definition) is 2. The van der Waals surface area contributed by atoms with Crippen LogP contribution in [-0.2, 0) is 4.79 Å². The average Bonchev–Trinajstić information content (AvgIpc) is 2.83. The molecule has 0 unspecified atom stereocenters. The van der Waals surface area contributed by atoms with Gasteiger partial charge < -0.3 is 11.2 Å².